The van der Waals surface area contributed by atoms with E-state index in [2.05, 4.69) is 28.9 Å². The fraction of sp³-hybridized carbons (Fsp3) is 0.214. The van der Waals surface area contributed by atoms with Crippen molar-refractivity contribution in [1.29, 1.82) is 0 Å². The topological polar surface area (TPSA) is 25.4 Å². The number of hydrogen-bond donors (Lipinski definition) is 0. The SMILES string of the molecule is CCN(c1ccncc1)c1ccc(OC)cc1. The van der Waals surface area contributed by atoms with Gasteiger partial charge < -0.3 is 9.64 Å². The number of nitrogens with zero attached hydrogens (tertiary/aromatic N) is 2. The number of pyridine rings is 1. The molecular weight excluding hydrogens is 212 g/mol. The Bertz CT molecular complexity index is 453. The summed E-state index contributed by atoms with van der Waals surface area (Å²) in [4.78, 5) is 6.26. The maximum absolute atomic E-state index is 5.16. The predicted octanol–water partition coefficient (Wildman–Crippen LogP) is 3.25. The zero-order valence-corrected chi connectivity index (χ0v) is 10.1. The molecule has 1 heterocycles. The van der Waals surface area contributed by atoms with Crippen LogP contribution in [0.5, 0.6) is 5.75 Å². The van der Waals surface area contributed by atoms with Crippen LogP contribution >= 0.6 is 0 Å². The average Bonchev–Trinajstić information content (AvgIpc) is 2.42. The van der Waals surface area contributed by atoms with Gasteiger partial charge in [-0.15, -0.1) is 0 Å². The number of rotatable bonds is 4. The Hall–Kier alpha value is -2.03. The van der Waals surface area contributed by atoms with Crippen molar-refractivity contribution in [3.05, 3.63) is 48.8 Å². The molecule has 3 nitrogen and oxygen atoms in total. The Kier molecular flexibility index (Phi) is 3.60. The van der Waals surface area contributed by atoms with Crippen LogP contribution in [0.25, 0.3) is 0 Å². The van der Waals surface area contributed by atoms with E-state index in [-0.39, 0.29) is 0 Å². The van der Waals surface area contributed by atoms with Crippen molar-refractivity contribution < 1.29 is 4.74 Å². The van der Waals surface area contributed by atoms with Crippen LogP contribution in [0.15, 0.2) is 48.8 Å². The smallest absolute Gasteiger partial charge is 0.119 e. The molecule has 0 radical (unpaired) electrons. The average molecular weight is 228 g/mol. The molecule has 0 saturated heterocycles. The second-order valence-electron chi connectivity index (χ2n) is 3.65. The van der Waals surface area contributed by atoms with Crippen molar-refractivity contribution in [3.63, 3.8) is 0 Å². The van der Waals surface area contributed by atoms with E-state index in [4.69, 9.17) is 4.74 Å². The van der Waals surface area contributed by atoms with Crippen LogP contribution in [-0.2, 0) is 0 Å². The zero-order chi connectivity index (χ0) is 12.1. The number of methoxy groups -OCH3 is 1. The fourth-order valence-corrected chi connectivity index (χ4v) is 1.80. The molecule has 17 heavy (non-hydrogen) atoms. The summed E-state index contributed by atoms with van der Waals surface area (Å²) in [6.45, 7) is 3.04. The van der Waals surface area contributed by atoms with Crippen LogP contribution in [0.1, 0.15) is 6.92 Å². The largest absolute Gasteiger partial charge is 0.497 e. The van der Waals surface area contributed by atoms with Crippen LogP contribution in [0.4, 0.5) is 11.4 Å². The lowest BCUT2D eigenvalue weighted by atomic mass is 10.2. The first-order valence-electron chi connectivity index (χ1n) is 5.66. The first-order chi connectivity index (χ1) is 8.35. The summed E-state index contributed by atoms with van der Waals surface area (Å²) in [6, 6.07) is 12.1. The Morgan fingerprint density at radius 2 is 1.59 bits per heavy atom. The maximum Gasteiger partial charge on any atom is 0.119 e. The standard InChI is InChI=1S/C14H16N2O/c1-3-16(13-8-10-15-11-9-13)12-4-6-14(17-2)7-5-12/h4-11H,3H2,1-2H3. The third-order valence-corrected chi connectivity index (χ3v) is 2.67. The molecule has 1 aromatic heterocycles. The van der Waals surface area contributed by atoms with E-state index < -0.39 is 0 Å². The normalized spacial score (nSPS) is 10.0. The first kappa shape index (κ1) is 11.5. The molecule has 0 aliphatic rings. The Morgan fingerprint density at radius 3 is 2.12 bits per heavy atom. The summed E-state index contributed by atoms with van der Waals surface area (Å²) in [5.74, 6) is 0.875. The van der Waals surface area contributed by atoms with Gasteiger partial charge >= 0.3 is 0 Å². The third kappa shape index (κ3) is 2.56. The molecule has 0 amide bonds. The third-order valence-electron chi connectivity index (χ3n) is 2.67. The highest BCUT2D eigenvalue weighted by Crippen LogP contribution is 2.26. The van der Waals surface area contributed by atoms with E-state index in [1.165, 1.54) is 0 Å². The molecule has 0 spiro atoms. The van der Waals surface area contributed by atoms with Crippen LogP contribution in [0, 0.1) is 0 Å². The van der Waals surface area contributed by atoms with Crippen molar-refractivity contribution in [3.8, 4) is 5.75 Å². The minimum Gasteiger partial charge on any atom is -0.497 e. The molecule has 2 rings (SSSR count). The van der Waals surface area contributed by atoms with Crippen molar-refractivity contribution in [2.45, 2.75) is 6.92 Å². The molecule has 0 saturated carbocycles. The minimum absolute atomic E-state index is 0.875. The molecule has 0 bridgehead atoms. The first-order valence-corrected chi connectivity index (χ1v) is 5.66. The number of hydrogen-bond acceptors (Lipinski definition) is 3. The summed E-state index contributed by atoms with van der Waals surface area (Å²) < 4.78 is 5.16. The highest BCUT2D eigenvalue weighted by atomic mass is 16.5. The molecule has 88 valence electrons. The molecule has 2 aromatic rings. The zero-order valence-electron chi connectivity index (χ0n) is 10.1. The van der Waals surface area contributed by atoms with Crippen LogP contribution in [-0.4, -0.2) is 18.6 Å². The van der Waals surface area contributed by atoms with Crippen molar-refractivity contribution in [1.82, 2.24) is 4.98 Å². The van der Waals surface area contributed by atoms with Gasteiger partial charge in [0.1, 0.15) is 5.75 Å². The van der Waals surface area contributed by atoms with Crippen molar-refractivity contribution in [2.75, 3.05) is 18.6 Å². The van der Waals surface area contributed by atoms with Gasteiger partial charge in [-0.05, 0) is 43.3 Å². The summed E-state index contributed by atoms with van der Waals surface area (Å²) >= 11 is 0. The lowest BCUT2D eigenvalue weighted by Gasteiger charge is -2.23. The monoisotopic (exact) mass is 228 g/mol. The Balaban J connectivity index is 2.29. The lowest BCUT2D eigenvalue weighted by molar-refractivity contribution is 0.415. The van der Waals surface area contributed by atoms with E-state index in [9.17, 15) is 0 Å². The van der Waals surface area contributed by atoms with Gasteiger partial charge in [-0.1, -0.05) is 0 Å². The van der Waals surface area contributed by atoms with Crippen LogP contribution < -0.4 is 9.64 Å². The van der Waals surface area contributed by atoms with Crippen LogP contribution in [0.3, 0.4) is 0 Å². The number of benzene rings is 1. The van der Waals surface area contributed by atoms with Gasteiger partial charge in [-0.2, -0.15) is 0 Å². The molecule has 0 aliphatic carbocycles. The van der Waals surface area contributed by atoms with Crippen LogP contribution in [0.2, 0.25) is 0 Å². The molecule has 0 atom stereocenters. The Labute approximate surface area is 102 Å². The summed E-state index contributed by atoms with van der Waals surface area (Å²) in [7, 11) is 1.68. The molecule has 0 fully saturated rings. The molecule has 3 heteroatoms. The maximum atomic E-state index is 5.16. The highest BCUT2D eigenvalue weighted by molar-refractivity contribution is 5.63. The second-order valence-corrected chi connectivity index (χ2v) is 3.65. The van der Waals surface area contributed by atoms with Gasteiger partial charge in [-0.25, -0.2) is 0 Å². The van der Waals surface area contributed by atoms with Gasteiger partial charge in [0, 0.05) is 30.3 Å². The number of ether oxygens (including phenoxy) is 1. The minimum atomic E-state index is 0.875. The van der Waals surface area contributed by atoms with E-state index in [0.717, 1.165) is 23.7 Å². The van der Waals surface area contributed by atoms with Crippen molar-refractivity contribution in [2.24, 2.45) is 0 Å². The summed E-state index contributed by atoms with van der Waals surface area (Å²) in [5, 5.41) is 0. The molecule has 0 N–H and O–H groups in total. The lowest BCUT2D eigenvalue weighted by Crippen LogP contribution is -2.15. The second kappa shape index (κ2) is 5.34. The van der Waals surface area contributed by atoms with Gasteiger partial charge in [-0.3, -0.25) is 4.98 Å². The quantitative estimate of drug-likeness (QED) is 0.803. The van der Waals surface area contributed by atoms with E-state index in [0.29, 0.717) is 0 Å². The fourth-order valence-electron chi connectivity index (χ4n) is 1.80. The van der Waals surface area contributed by atoms with E-state index in [1.807, 2.05) is 36.7 Å². The van der Waals surface area contributed by atoms with Gasteiger partial charge in [0.15, 0.2) is 0 Å². The summed E-state index contributed by atoms with van der Waals surface area (Å²) in [6.07, 6.45) is 3.61. The molecular formula is C14H16N2O. The van der Waals surface area contributed by atoms with Gasteiger partial charge in [0.05, 0.1) is 7.11 Å². The highest BCUT2D eigenvalue weighted by Gasteiger charge is 2.06. The molecule has 1 aromatic carbocycles. The van der Waals surface area contributed by atoms with Gasteiger partial charge in [0.25, 0.3) is 0 Å². The predicted molar refractivity (Wildman–Crippen MR) is 69.9 cm³/mol. The molecule has 0 aliphatic heterocycles. The van der Waals surface area contributed by atoms with Crippen molar-refractivity contribution >= 4 is 11.4 Å². The van der Waals surface area contributed by atoms with E-state index >= 15 is 0 Å². The van der Waals surface area contributed by atoms with E-state index in [1.54, 1.807) is 7.11 Å². The number of anilines is 2. The number of aromatic nitrogens is 1. The molecule has 0 unspecified atom stereocenters. The van der Waals surface area contributed by atoms with Gasteiger partial charge in [0.2, 0.25) is 0 Å². The Morgan fingerprint density at radius 1 is 1.00 bits per heavy atom. The summed E-state index contributed by atoms with van der Waals surface area (Å²) in [5.41, 5.74) is 2.30.